The van der Waals surface area contributed by atoms with Crippen LogP contribution in [0.5, 0.6) is 0 Å². The van der Waals surface area contributed by atoms with E-state index in [1.165, 1.54) is 29.9 Å². The molecule has 0 saturated heterocycles. The van der Waals surface area contributed by atoms with Crippen LogP contribution in [0, 0.1) is 0 Å². The van der Waals surface area contributed by atoms with Crippen molar-refractivity contribution >= 4 is 26.8 Å². The van der Waals surface area contributed by atoms with E-state index < -0.39 is 17.0 Å². The molecule has 0 amide bonds. The summed E-state index contributed by atoms with van der Waals surface area (Å²) < 4.78 is 0. The SMILES string of the molecule is [Cl][Ti][Cl].c1ccc(-c2cc[c-](-c3ccccc3)p2)cc1. The van der Waals surface area contributed by atoms with Gasteiger partial charge in [-0.1, -0.05) is 64.7 Å². The molecule has 3 rings (SSSR count). The average molecular weight is 354 g/mol. The van der Waals surface area contributed by atoms with Crippen molar-refractivity contribution in [2.75, 3.05) is 0 Å². The van der Waals surface area contributed by atoms with E-state index in [0.29, 0.717) is 0 Å². The van der Waals surface area contributed by atoms with E-state index in [2.05, 4.69) is 72.8 Å². The van der Waals surface area contributed by atoms with Gasteiger partial charge in [-0.2, -0.15) is 8.19 Å². The quantitative estimate of drug-likeness (QED) is 0.355. The topological polar surface area (TPSA) is 0 Å². The third kappa shape index (κ3) is 4.52. The fourth-order valence-corrected chi connectivity index (χ4v) is 3.02. The van der Waals surface area contributed by atoms with Crippen LogP contribution in [0.1, 0.15) is 0 Å². The van der Waals surface area contributed by atoms with Gasteiger partial charge in [-0.25, -0.2) is 0 Å². The number of hydrogen-bond donors (Lipinski definition) is 0. The Morgan fingerprint density at radius 1 is 0.800 bits per heavy atom. The van der Waals surface area contributed by atoms with Gasteiger partial charge in [-0.3, -0.25) is 0 Å². The Labute approximate surface area is 137 Å². The molecule has 3 aromatic rings. The summed E-state index contributed by atoms with van der Waals surface area (Å²) in [5.41, 5.74) is 2.63. The molecular formula is C16H12Cl2PTi-. The van der Waals surface area contributed by atoms with Gasteiger partial charge < -0.3 is 0 Å². The maximum atomic E-state index is 4.89. The van der Waals surface area contributed by atoms with E-state index >= 15 is 0 Å². The molecule has 100 valence electrons. The van der Waals surface area contributed by atoms with Gasteiger partial charge in [0.1, 0.15) is 0 Å². The summed E-state index contributed by atoms with van der Waals surface area (Å²) in [7, 11) is 11.1. The van der Waals surface area contributed by atoms with Crippen molar-refractivity contribution in [2.24, 2.45) is 0 Å². The third-order valence-electron chi connectivity index (χ3n) is 2.78. The summed E-state index contributed by atoms with van der Waals surface area (Å²) in [6.07, 6.45) is 0. The second-order valence-corrected chi connectivity index (χ2v) is 7.79. The molecule has 1 heterocycles. The minimum absolute atomic E-state index is 0.556. The molecule has 0 N–H and O–H groups in total. The molecule has 0 aliphatic heterocycles. The van der Waals surface area contributed by atoms with Crippen LogP contribution in [-0.2, 0) is 17.0 Å². The normalized spacial score (nSPS) is 9.90. The van der Waals surface area contributed by atoms with Crippen molar-refractivity contribution in [2.45, 2.75) is 0 Å². The molecule has 0 saturated carbocycles. The number of rotatable bonds is 2. The van der Waals surface area contributed by atoms with Crippen LogP contribution in [0.15, 0.2) is 72.8 Å². The maximum Gasteiger partial charge on any atom is -0.0541 e. The predicted octanol–water partition coefficient (Wildman–Crippen LogP) is 6.70. The molecule has 0 fully saturated rings. The van der Waals surface area contributed by atoms with Gasteiger partial charge in [0.2, 0.25) is 0 Å². The molecule has 0 bridgehead atoms. The van der Waals surface area contributed by atoms with Gasteiger partial charge >= 0.3 is 35.6 Å². The Morgan fingerprint density at radius 2 is 1.35 bits per heavy atom. The molecule has 0 aliphatic carbocycles. The molecule has 0 nitrogen and oxygen atoms in total. The fourth-order valence-electron chi connectivity index (χ4n) is 1.90. The second kappa shape index (κ2) is 8.72. The van der Waals surface area contributed by atoms with E-state index in [1.807, 2.05) is 0 Å². The molecule has 1 aromatic heterocycles. The van der Waals surface area contributed by atoms with Crippen molar-refractivity contribution in [3.8, 4) is 21.7 Å². The van der Waals surface area contributed by atoms with Crippen LogP contribution in [0.4, 0.5) is 0 Å². The maximum absolute atomic E-state index is 4.89. The molecule has 0 atom stereocenters. The Morgan fingerprint density at radius 3 is 1.95 bits per heavy atom. The van der Waals surface area contributed by atoms with Crippen LogP contribution in [0.2, 0.25) is 0 Å². The fraction of sp³-hybridized carbons (Fsp3) is 0. The Hall–Kier alpha value is -0.486. The Kier molecular flexibility index (Phi) is 6.93. The molecule has 20 heavy (non-hydrogen) atoms. The number of hydrogen-bond acceptors (Lipinski definition) is 0. The first-order valence-electron chi connectivity index (χ1n) is 6.06. The summed E-state index contributed by atoms with van der Waals surface area (Å²) >= 11 is -0.556. The zero-order valence-electron chi connectivity index (χ0n) is 10.6. The first-order chi connectivity index (χ1) is 9.85. The van der Waals surface area contributed by atoms with Crippen molar-refractivity contribution in [1.29, 1.82) is 0 Å². The van der Waals surface area contributed by atoms with E-state index in [-0.39, 0.29) is 0 Å². The molecule has 0 spiro atoms. The zero-order chi connectivity index (χ0) is 14.2. The number of benzene rings is 2. The van der Waals surface area contributed by atoms with Gasteiger partial charge in [0.05, 0.1) is 0 Å². The predicted molar refractivity (Wildman–Crippen MR) is 87.1 cm³/mol. The van der Waals surface area contributed by atoms with Gasteiger partial charge in [0.25, 0.3) is 0 Å². The molecular weight excluding hydrogens is 342 g/mol. The molecule has 0 aliphatic rings. The summed E-state index contributed by atoms with van der Waals surface area (Å²) in [6, 6.07) is 25.6. The zero-order valence-corrected chi connectivity index (χ0v) is 14.6. The van der Waals surface area contributed by atoms with E-state index in [9.17, 15) is 0 Å². The summed E-state index contributed by atoms with van der Waals surface area (Å²) in [6.45, 7) is 0. The summed E-state index contributed by atoms with van der Waals surface area (Å²) in [5, 5.41) is 2.76. The van der Waals surface area contributed by atoms with Crippen LogP contribution in [-0.4, -0.2) is 0 Å². The van der Waals surface area contributed by atoms with Crippen LogP contribution < -0.4 is 0 Å². The van der Waals surface area contributed by atoms with Crippen molar-refractivity contribution in [3.63, 3.8) is 0 Å². The van der Waals surface area contributed by atoms with Gasteiger partial charge in [0, 0.05) is 0 Å². The average Bonchev–Trinajstić information content (AvgIpc) is 3.00. The summed E-state index contributed by atoms with van der Waals surface area (Å²) in [4.78, 5) is 0. The second-order valence-electron chi connectivity index (χ2n) is 4.02. The van der Waals surface area contributed by atoms with Crippen LogP contribution in [0.25, 0.3) is 21.7 Å². The first-order valence-corrected chi connectivity index (χ1v) is 11.2. The third-order valence-corrected chi connectivity index (χ3v) is 4.08. The Bertz CT molecular complexity index is 569. The van der Waals surface area contributed by atoms with Crippen molar-refractivity contribution in [3.05, 3.63) is 72.8 Å². The van der Waals surface area contributed by atoms with Gasteiger partial charge in [-0.05, 0) is 0 Å². The van der Waals surface area contributed by atoms with E-state index in [4.69, 9.17) is 18.6 Å². The first kappa shape index (κ1) is 15.9. The van der Waals surface area contributed by atoms with Crippen LogP contribution in [0.3, 0.4) is 0 Å². The van der Waals surface area contributed by atoms with Gasteiger partial charge in [0.15, 0.2) is 0 Å². The van der Waals surface area contributed by atoms with Crippen LogP contribution >= 0.6 is 26.8 Å². The molecule has 0 unspecified atom stereocenters. The smallest absolute Gasteiger partial charge is 0.0541 e. The molecule has 0 radical (unpaired) electrons. The molecule has 4 heteroatoms. The van der Waals surface area contributed by atoms with E-state index in [1.54, 1.807) is 0 Å². The minimum Gasteiger partial charge on any atom is -0.152 e. The largest absolute Gasteiger partial charge is 0.152 e. The summed E-state index contributed by atoms with van der Waals surface area (Å²) in [5.74, 6) is 0. The Balaban J connectivity index is 0.000000452. The molecule has 2 aromatic carbocycles. The van der Waals surface area contributed by atoms with Crippen molar-refractivity contribution < 1.29 is 17.0 Å². The van der Waals surface area contributed by atoms with Crippen molar-refractivity contribution in [1.82, 2.24) is 0 Å². The minimum atomic E-state index is -0.556. The standard InChI is InChI=1S/C16H12P.2ClH.Ti/c1-3-7-13(8-4-1)15-11-12-16(17-15)14-9-5-2-6-10-14;;;/h1-12H;2*1H;/q-1;;;+2/p-2. The van der Waals surface area contributed by atoms with E-state index in [0.717, 1.165) is 0 Å². The van der Waals surface area contributed by atoms with Gasteiger partial charge in [-0.15, -0.1) is 29.8 Å². The number of halogens is 2. The monoisotopic (exact) mass is 353 g/mol.